The van der Waals surface area contributed by atoms with Gasteiger partial charge < -0.3 is 20.1 Å². The smallest absolute Gasteiger partial charge is 0.225 e. The van der Waals surface area contributed by atoms with Crippen LogP contribution in [0.3, 0.4) is 0 Å². The number of hydrogen-bond donors (Lipinski definition) is 2. The molecule has 0 spiro atoms. The molecule has 2 rings (SSSR count). The number of nitrogens with zero attached hydrogens (tertiary/aromatic N) is 1. The Labute approximate surface area is 138 Å². The van der Waals surface area contributed by atoms with Gasteiger partial charge >= 0.3 is 0 Å². The third-order valence-electron chi connectivity index (χ3n) is 4.55. The molecule has 1 fully saturated rings. The summed E-state index contributed by atoms with van der Waals surface area (Å²) in [5, 5.41) is 12.8. The zero-order valence-electron chi connectivity index (χ0n) is 14.3. The molecule has 1 aliphatic rings. The molecule has 23 heavy (non-hydrogen) atoms. The van der Waals surface area contributed by atoms with Crippen LogP contribution in [0.25, 0.3) is 0 Å². The number of aliphatic hydroxyl groups is 1. The zero-order valence-corrected chi connectivity index (χ0v) is 14.3. The highest BCUT2D eigenvalue weighted by molar-refractivity contribution is 5.79. The molecule has 0 saturated carbocycles. The zero-order chi connectivity index (χ0) is 16.8. The van der Waals surface area contributed by atoms with Gasteiger partial charge in [-0.05, 0) is 38.3 Å². The number of amides is 1. The number of hydrogen-bond acceptors (Lipinski definition) is 4. The third kappa shape index (κ3) is 4.61. The summed E-state index contributed by atoms with van der Waals surface area (Å²) >= 11 is 0. The van der Waals surface area contributed by atoms with Gasteiger partial charge in [-0.3, -0.25) is 4.79 Å². The fourth-order valence-corrected chi connectivity index (χ4v) is 3.19. The average molecular weight is 320 g/mol. The molecular weight excluding hydrogens is 292 g/mol. The summed E-state index contributed by atoms with van der Waals surface area (Å²) in [6.45, 7) is 5.37. The average Bonchev–Trinajstić information content (AvgIpc) is 2.55. The van der Waals surface area contributed by atoms with Crippen molar-refractivity contribution < 1.29 is 14.6 Å². The number of ether oxygens (including phenoxy) is 1. The minimum absolute atomic E-state index is 0.0417. The van der Waals surface area contributed by atoms with Crippen LogP contribution in [0, 0.1) is 5.92 Å². The number of carbonyl (C=O) groups is 1. The number of nitrogens with one attached hydrogen (secondary N) is 1. The second kappa shape index (κ2) is 8.20. The van der Waals surface area contributed by atoms with Gasteiger partial charge in [0.15, 0.2) is 0 Å². The Morgan fingerprint density at radius 1 is 1.52 bits per heavy atom. The largest absolute Gasteiger partial charge is 0.497 e. The van der Waals surface area contributed by atoms with Crippen molar-refractivity contribution in [1.82, 2.24) is 5.32 Å². The van der Waals surface area contributed by atoms with E-state index in [1.54, 1.807) is 14.0 Å². The second-order valence-electron chi connectivity index (χ2n) is 6.25. The fourth-order valence-electron chi connectivity index (χ4n) is 3.19. The first-order valence-electron chi connectivity index (χ1n) is 8.42. The number of anilines is 1. The molecule has 1 aromatic carbocycles. The van der Waals surface area contributed by atoms with Crippen LogP contribution in [0.5, 0.6) is 5.75 Å². The first-order valence-corrected chi connectivity index (χ1v) is 8.42. The van der Waals surface area contributed by atoms with Crippen LogP contribution in [0.4, 0.5) is 5.69 Å². The van der Waals surface area contributed by atoms with Gasteiger partial charge in [0, 0.05) is 30.9 Å². The van der Waals surface area contributed by atoms with E-state index in [1.807, 2.05) is 25.1 Å². The molecule has 1 aromatic rings. The molecule has 1 aliphatic heterocycles. The standard InChI is InChI=1S/C18H28N2O3/c1-4-17(13(2)21)18(22)19-14-7-6-10-20(12-14)15-8-5-9-16(11-15)23-3/h5,8-9,11,13-14,17,21H,4,6-7,10,12H2,1-3H3,(H,19,22). The van der Waals surface area contributed by atoms with E-state index in [4.69, 9.17) is 4.74 Å². The normalized spacial score (nSPS) is 20.7. The Kier molecular flexibility index (Phi) is 6.28. The molecule has 1 amide bonds. The van der Waals surface area contributed by atoms with Crippen molar-refractivity contribution in [3.05, 3.63) is 24.3 Å². The Morgan fingerprint density at radius 2 is 2.30 bits per heavy atom. The van der Waals surface area contributed by atoms with Crippen LogP contribution in [0.2, 0.25) is 0 Å². The maximum atomic E-state index is 12.3. The maximum absolute atomic E-state index is 12.3. The maximum Gasteiger partial charge on any atom is 0.225 e. The highest BCUT2D eigenvalue weighted by atomic mass is 16.5. The highest BCUT2D eigenvalue weighted by Crippen LogP contribution is 2.24. The molecule has 128 valence electrons. The Bertz CT molecular complexity index is 519. The summed E-state index contributed by atoms with van der Waals surface area (Å²) in [7, 11) is 1.67. The van der Waals surface area contributed by atoms with Crippen molar-refractivity contribution in [3.63, 3.8) is 0 Å². The number of carbonyl (C=O) groups excluding carboxylic acids is 1. The van der Waals surface area contributed by atoms with Crippen LogP contribution >= 0.6 is 0 Å². The molecule has 1 saturated heterocycles. The highest BCUT2D eigenvalue weighted by Gasteiger charge is 2.27. The summed E-state index contributed by atoms with van der Waals surface area (Å²) in [4.78, 5) is 14.6. The van der Waals surface area contributed by atoms with Gasteiger partial charge in [-0.15, -0.1) is 0 Å². The molecular formula is C18H28N2O3. The van der Waals surface area contributed by atoms with E-state index >= 15 is 0 Å². The lowest BCUT2D eigenvalue weighted by Gasteiger charge is -2.35. The second-order valence-corrected chi connectivity index (χ2v) is 6.25. The summed E-state index contributed by atoms with van der Waals surface area (Å²) in [5.74, 6) is 0.469. The lowest BCUT2D eigenvalue weighted by Crippen LogP contribution is -2.50. The minimum Gasteiger partial charge on any atom is -0.497 e. The van der Waals surface area contributed by atoms with Gasteiger partial charge in [0.2, 0.25) is 5.91 Å². The van der Waals surface area contributed by atoms with Crippen molar-refractivity contribution in [3.8, 4) is 5.75 Å². The Hall–Kier alpha value is -1.75. The van der Waals surface area contributed by atoms with Crippen molar-refractivity contribution in [2.24, 2.45) is 5.92 Å². The van der Waals surface area contributed by atoms with Gasteiger partial charge in [-0.25, -0.2) is 0 Å². The molecule has 5 nitrogen and oxygen atoms in total. The fraction of sp³-hybridized carbons (Fsp3) is 0.611. The molecule has 0 radical (unpaired) electrons. The first kappa shape index (κ1) is 17.6. The van der Waals surface area contributed by atoms with Crippen LogP contribution in [0.15, 0.2) is 24.3 Å². The molecule has 5 heteroatoms. The summed E-state index contributed by atoms with van der Waals surface area (Å²) in [6, 6.07) is 8.12. The quantitative estimate of drug-likeness (QED) is 0.843. The van der Waals surface area contributed by atoms with Gasteiger partial charge in [-0.1, -0.05) is 13.0 Å². The van der Waals surface area contributed by atoms with Gasteiger partial charge in [0.25, 0.3) is 0 Å². The van der Waals surface area contributed by atoms with Gasteiger partial charge in [0.1, 0.15) is 5.75 Å². The number of aliphatic hydroxyl groups excluding tert-OH is 1. The number of rotatable bonds is 6. The van der Waals surface area contributed by atoms with Crippen LogP contribution in [-0.4, -0.2) is 43.4 Å². The van der Waals surface area contributed by atoms with E-state index in [9.17, 15) is 9.90 Å². The monoisotopic (exact) mass is 320 g/mol. The van der Waals surface area contributed by atoms with Crippen molar-refractivity contribution in [1.29, 1.82) is 0 Å². The molecule has 3 unspecified atom stereocenters. The predicted octanol–water partition coefficient (Wildman–Crippen LogP) is 2.19. The predicted molar refractivity (Wildman–Crippen MR) is 91.8 cm³/mol. The Morgan fingerprint density at radius 3 is 2.96 bits per heavy atom. The SMILES string of the molecule is CCC(C(=O)NC1CCCN(c2cccc(OC)c2)C1)C(C)O. The van der Waals surface area contributed by atoms with Crippen LogP contribution < -0.4 is 15.0 Å². The van der Waals surface area contributed by atoms with Crippen molar-refractivity contribution >= 4 is 11.6 Å². The summed E-state index contributed by atoms with van der Waals surface area (Å²) < 4.78 is 5.29. The van der Waals surface area contributed by atoms with Gasteiger partial charge in [-0.2, -0.15) is 0 Å². The molecule has 3 atom stereocenters. The lowest BCUT2D eigenvalue weighted by molar-refractivity contribution is -0.129. The van der Waals surface area contributed by atoms with Crippen molar-refractivity contribution in [2.45, 2.75) is 45.3 Å². The number of piperidine rings is 1. The molecule has 2 N–H and O–H groups in total. The third-order valence-corrected chi connectivity index (χ3v) is 4.55. The van der Waals surface area contributed by atoms with Crippen LogP contribution in [0.1, 0.15) is 33.1 Å². The van der Waals surface area contributed by atoms with E-state index in [1.165, 1.54) is 0 Å². The van der Waals surface area contributed by atoms with E-state index in [-0.39, 0.29) is 17.9 Å². The van der Waals surface area contributed by atoms with Crippen molar-refractivity contribution in [2.75, 3.05) is 25.1 Å². The molecule has 0 aliphatic carbocycles. The van der Waals surface area contributed by atoms with E-state index in [0.29, 0.717) is 6.42 Å². The Balaban J connectivity index is 1.99. The molecule has 0 bridgehead atoms. The summed E-state index contributed by atoms with van der Waals surface area (Å²) in [6.07, 6.45) is 2.05. The van der Waals surface area contributed by atoms with E-state index in [2.05, 4.69) is 16.3 Å². The molecule has 1 heterocycles. The summed E-state index contributed by atoms with van der Waals surface area (Å²) in [5.41, 5.74) is 1.12. The number of benzene rings is 1. The van der Waals surface area contributed by atoms with Gasteiger partial charge in [0.05, 0.1) is 19.1 Å². The lowest BCUT2D eigenvalue weighted by atomic mass is 9.98. The van der Waals surface area contributed by atoms with E-state index in [0.717, 1.165) is 37.4 Å². The first-order chi connectivity index (χ1) is 11.0. The minimum atomic E-state index is -0.613. The number of methoxy groups -OCH3 is 1. The van der Waals surface area contributed by atoms with Crippen LogP contribution in [-0.2, 0) is 4.79 Å². The molecule has 0 aromatic heterocycles. The topological polar surface area (TPSA) is 61.8 Å². The van der Waals surface area contributed by atoms with E-state index < -0.39 is 6.10 Å².